The fraction of sp³-hybridized carbons (Fsp3) is 0.227. The molecule has 9 heteroatoms. The van der Waals surface area contributed by atoms with Crippen molar-refractivity contribution in [3.8, 4) is 5.75 Å². The lowest BCUT2D eigenvalue weighted by Crippen LogP contribution is -2.29. The van der Waals surface area contributed by atoms with Crippen molar-refractivity contribution < 1.29 is 23.9 Å². The Morgan fingerprint density at radius 2 is 1.81 bits per heavy atom. The second-order valence-corrected chi connectivity index (χ2v) is 9.30. The molecule has 0 spiro atoms. The van der Waals surface area contributed by atoms with Crippen molar-refractivity contribution in [1.29, 1.82) is 0 Å². The summed E-state index contributed by atoms with van der Waals surface area (Å²) in [6.45, 7) is 0.152. The van der Waals surface area contributed by atoms with E-state index in [2.05, 4.69) is 36.6 Å². The normalized spacial score (nSPS) is 14.9. The molecule has 1 fully saturated rings. The van der Waals surface area contributed by atoms with Crippen molar-refractivity contribution in [3.63, 3.8) is 0 Å². The summed E-state index contributed by atoms with van der Waals surface area (Å²) in [7, 11) is 1.29. The number of imide groups is 1. The van der Waals surface area contributed by atoms with Gasteiger partial charge in [0, 0.05) is 6.54 Å². The summed E-state index contributed by atoms with van der Waals surface area (Å²) in [5.74, 6) is -0.346. The Balaban J connectivity index is 1.67. The molecule has 2 aromatic carbocycles. The maximum absolute atomic E-state index is 12.7. The molecule has 1 heterocycles. The van der Waals surface area contributed by atoms with Gasteiger partial charge in [0.1, 0.15) is 5.75 Å². The fourth-order valence-electron chi connectivity index (χ4n) is 2.92. The van der Waals surface area contributed by atoms with E-state index in [1.165, 1.54) is 17.6 Å². The summed E-state index contributed by atoms with van der Waals surface area (Å²) in [5.41, 5.74) is 1.88. The van der Waals surface area contributed by atoms with E-state index >= 15 is 0 Å². The lowest BCUT2D eigenvalue weighted by molar-refractivity contribution is -0.143. The SMILES string of the molecule is COC(=O)COc1c(Br)cc(/C=C2/SC(=O)N(CCCc3ccccc3)C2=O)cc1Br. The predicted octanol–water partition coefficient (Wildman–Crippen LogP) is 5.43. The third-order valence-corrected chi connectivity index (χ3v) is 6.53. The first-order valence-electron chi connectivity index (χ1n) is 9.37. The first kappa shape index (κ1) is 23.6. The Kier molecular flexibility index (Phi) is 8.34. The molecular weight excluding hydrogens is 550 g/mol. The lowest BCUT2D eigenvalue weighted by atomic mass is 10.1. The largest absolute Gasteiger partial charge is 0.480 e. The van der Waals surface area contributed by atoms with Gasteiger partial charge in [0.25, 0.3) is 11.1 Å². The molecule has 3 rings (SSSR count). The highest BCUT2D eigenvalue weighted by molar-refractivity contribution is 9.11. The average Bonchev–Trinajstić information content (AvgIpc) is 3.01. The van der Waals surface area contributed by atoms with E-state index in [4.69, 9.17) is 4.74 Å². The zero-order valence-corrected chi connectivity index (χ0v) is 20.6. The van der Waals surface area contributed by atoms with E-state index in [1.54, 1.807) is 18.2 Å². The smallest absolute Gasteiger partial charge is 0.343 e. The third-order valence-electron chi connectivity index (χ3n) is 4.44. The van der Waals surface area contributed by atoms with Crippen molar-refractivity contribution >= 4 is 66.8 Å². The van der Waals surface area contributed by atoms with Gasteiger partial charge in [-0.15, -0.1) is 0 Å². The lowest BCUT2D eigenvalue weighted by Gasteiger charge is -2.12. The number of aryl methyl sites for hydroxylation is 1. The summed E-state index contributed by atoms with van der Waals surface area (Å²) in [4.78, 5) is 38.0. The van der Waals surface area contributed by atoms with Gasteiger partial charge in [-0.3, -0.25) is 14.5 Å². The van der Waals surface area contributed by atoms with Crippen LogP contribution in [0.3, 0.4) is 0 Å². The highest BCUT2D eigenvalue weighted by Crippen LogP contribution is 2.37. The molecule has 0 atom stereocenters. The maximum Gasteiger partial charge on any atom is 0.343 e. The molecule has 31 heavy (non-hydrogen) atoms. The number of ether oxygens (including phenoxy) is 2. The van der Waals surface area contributed by atoms with Gasteiger partial charge in [-0.1, -0.05) is 30.3 Å². The van der Waals surface area contributed by atoms with Crippen molar-refractivity contribution in [1.82, 2.24) is 4.90 Å². The standard InChI is InChI=1S/C22H19Br2NO5S/c1-29-19(26)13-30-20-16(23)10-15(11-17(20)24)12-18-21(27)25(22(28)31-18)9-5-8-14-6-3-2-4-7-14/h2-4,6-7,10-12H,5,8-9,13H2,1H3/b18-12+. The number of carbonyl (C=O) groups is 3. The van der Waals surface area contributed by atoms with E-state index in [0.717, 1.165) is 18.2 Å². The summed E-state index contributed by atoms with van der Waals surface area (Å²) in [6.07, 6.45) is 3.18. The molecule has 0 radical (unpaired) electrons. The van der Waals surface area contributed by atoms with E-state index in [-0.39, 0.29) is 17.8 Å². The summed E-state index contributed by atoms with van der Waals surface area (Å²) >= 11 is 7.75. The molecule has 2 amide bonds. The molecule has 6 nitrogen and oxygen atoms in total. The van der Waals surface area contributed by atoms with Crippen LogP contribution in [-0.2, 0) is 20.7 Å². The number of amides is 2. The summed E-state index contributed by atoms with van der Waals surface area (Å²) < 4.78 is 11.2. The molecule has 1 aliphatic heterocycles. The molecule has 0 saturated carbocycles. The van der Waals surface area contributed by atoms with Gasteiger partial charge in [0.05, 0.1) is 21.0 Å². The molecule has 1 aliphatic rings. The van der Waals surface area contributed by atoms with Crippen molar-refractivity contribution in [3.05, 3.63) is 67.4 Å². The van der Waals surface area contributed by atoms with E-state index in [9.17, 15) is 14.4 Å². The van der Waals surface area contributed by atoms with Gasteiger partial charge in [-0.05, 0) is 85.8 Å². The number of carbonyl (C=O) groups excluding carboxylic acids is 3. The van der Waals surface area contributed by atoms with Gasteiger partial charge in [-0.25, -0.2) is 4.79 Å². The molecule has 162 valence electrons. The van der Waals surface area contributed by atoms with Crippen LogP contribution in [0, 0.1) is 0 Å². The Morgan fingerprint density at radius 3 is 2.45 bits per heavy atom. The number of halogens is 2. The summed E-state index contributed by atoms with van der Waals surface area (Å²) in [6, 6.07) is 13.5. The molecular formula is C22H19Br2NO5S. The van der Waals surface area contributed by atoms with Crippen LogP contribution in [0.4, 0.5) is 4.79 Å². The van der Waals surface area contributed by atoms with Crippen LogP contribution < -0.4 is 4.74 Å². The van der Waals surface area contributed by atoms with Crippen molar-refractivity contribution in [2.75, 3.05) is 20.3 Å². The van der Waals surface area contributed by atoms with Gasteiger partial charge >= 0.3 is 5.97 Å². The van der Waals surface area contributed by atoms with Gasteiger partial charge < -0.3 is 9.47 Å². The Hall–Kier alpha value is -2.10. The van der Waals surface area contributed by atoms with Gasteiger partial charge in [0.2, 0.25) is 0 Å². The Morgan fingerprint density at radius 1 is 1.13 bits per heavy atom. The molecule has 0 aromatic heterocycles. The molecule has 0 bridgehead atoms. The van der Waals surface area contributed by atoms with Gasteiger partial charge in [-0.2, -0.15) is 0 Å². The fourth-order valence-corrected chi connectivity index (χ4v) is 5.24. The molecule has 0 aliphatic carbocycles. The maximum atomic E-state index is 12.7. The quantitative estimate of drug-likeness (QED) is 0.312. The molecule has 0 N–H and O–H groups in total. The van der Waals surface area contributed by atoms with Crippen LogP contribution in [0.15, 0.2) is 56.3 Å². The highest BCUT2D eigenvalue weighted by Gasteiger charge is 2.34. The summed E-state index contributed by atoms with van der Waals surface area (Å²) in [5, 5.41) is -0.263. The number of rotatable bonds is 8. The second kappa shape index (κ2) is 11.0. The van der Waals surface area contributed by atoms with Gasteiger partial charge in [0.15, 0.2) is 6.61 Å². The number of nitrogens with zero attached hydrogens (tertiary/aromatic N) is 1. The number of thioether (sulfide) groups is 1. The van der Waals surface area contributed by atoms with Crippen LogP contribution in [0.5, 0.6) is 5.75 Å². The molecule has 0 unspecified atom stereocenters. The topological polar surface area (TPSA) is 72.9 Å². The van der Waals surface area contributed by atoms with Crippen LogP contribution >= 0.6 is 43.6 Å². The van der Waals surface area contributed by atoms with Crippen LogP contribution in [-0.4, -0.2) is 42.3 Å². The first-order valence-corrected chi connectivity index (χ1v) is 11.8. The van der Waals surface area contributed by atoms with Crippen LogP contribution in [0.1, 0.15) is 17.5 Å². The number of hydrogen-bond donors (Lipinski definition) is 0. The number of hydrogen-bond acceptors (Lipinski definition) is 6. The minimum atomic E-state index is -0.496. The van der Waals surface area contributed by atoms with Crippen molar-refractivity contribution in [2.45, 2.75) is 12.8 Å². The van der Waals surface area contributed by atoms with E-state index < -0.39 is 5.97 Å². The third kappa shape index (κ3) is 6.21. The molecule has 2 aromatic rings. The minimum Gasteiger partial charge on any atom is -0.480 e. The zero-order valence-electron chi connectivity index (χ0n) is 16.6. The monoisotopic (exact) mass is 567 g/mol. The average molecular weight is 569 g/mol. The molecule has 1 saturated heterocycles. The Bertz CT molecular complexity index is 1000. The van der Waals surface area contributed by atoms with E-state index in [0.29, 0.717) is 38.1 Å². The zero-order chi connectivity index (χ0) is 22.4. The first-order chi connectivity index (χ1) is 14.9. The minimum absolute atomic E-state index is 0.227. The number of esters is 1. The van der Waals surface area contributed by atoms with Crippen LogP contribution in [0.25, 0.3) is 6.08 Å². The second-order valence-electron chi connectivity index (χ2n) is 6.60. The number of benzene rings is 2. The van der Waals surface area contributed by atoms with Crippen LogP contribution in [0.2, 0.25) is 0 Å². The Labute approximate surface area is 201 Å². The van der Waals surface area contributed by atoms with E-state index in [1.807, 2.05) is 30.3 Å². The highest BCUT2D eigenvalue weighted by atomic mass is 79.9. The van der Waals surface area contributed by atoms with Crippen molar-refractivity contribution in [2.24, 2.45) is 0 Å². The number of methoxy groups -OCH3 is 1. The predicted molar refractivity (Wildman–Crippen MR) is 127 cm³/mol.